The minimum atomic E-state index is -0.530. The molecule has 0 spiro atoms. The molecule has 0 fully saturated rings. The van der Waals surface area contributed by atoms with E-state index in [9.17, 15) is 9.59 Å². The SMILES string of the molecule is COC(=O)c1c(N)sc(C)c1-c1ccc2c(c1)NC(=O)C(C)O2. The summed E-state index contributed by atoms with van der Waals surface area (Å²) < 4.78 is 10.4. The van der Waals surface area contributed by atoms with E-state index in [1.54, 1.807) is 19.1 Å². The number of rotatable bonds is 2. The number of nitrogens with one attached hydrogen (secondary N) is 1. The van der Waals surface area contributed by atoms with Gasteiger partial charge in [-0.2, -0.15) is 0 Å². The zero-order valence-corrected chi connectivity index (χ0v) is 13.7. The Hall–Kier alpha value is -2.54. The van der Waals surface area contributed by atoms with Crippen LogP contribution in [0.5, 0.6) is 5.75 Å². The molecule has 1 unspecified atom stereocenters. The van der Waals surface area contributed by atoms with E-state index in [-0.39, 0.29) is 5.91 Å². The summed E-state index contributed by atoms with van der Waals surface area (Å²) in [6, 6.07) is 5.39. The lowest BCUT2D eigenvalue weighted by atomic mass is 10.00. The molecule has 1 aliphatic rings. The van der Waals surface area contributed by atoms with E-state index in [0.29, 0.717) is 22.0 Å². The molecule has 0 aliphatic carbocycles. The van der Waals surface area contributed by atoms with Gasteiger partial charge in [0.05, 0.1) is 12.8 Å². The second-order valence-electron chi connectivity index (χ2n) is 5.22. The van der Waals surface area contributed by atoms with Crippen LogP contribution in [0.3, 0.4) is 0 Å². The average molecular weight is 332 g/mol. The van der Waals surface area contributed by atoms with Crippen LogP contribution in [0.1, 0.15) is 22.2 Å². The molecule has 0 saturated carbocycles. The lowest BCUT2D eigenvalue weighted by Crippen LogP contribution is -2.34. The van der Waals surface area contributed by atoms with Gasteiger partial charge in [0.1, 0.15) is 16.3 Å². The number of ether oxygens (including phenoxy) is 2. The number of hydrogen-bond donors (Lipinski definition) is 2. The molecule has 0 bridgehead atoms. The highest BCUT2D eigenvalue weighted by molar-refractivity contribution is 7.16. The summed E-state index contributed by atoms with van der Waals surface area (Å²) in [5, 5.41) is 3.21. The van der Waals surface area contributed by atoms with Gasteiger partial charge in [-0.05, 0) is 31.5 Å². The normalized spacial score (nSPS) is 16.3. The Bertz CT molecular complexity index is 813. The van der Waals surface area contributed by atoms with Crippen molar-refractivity contribution in [2.75, 3.05) is 18.2 Å². The van der Waals surface area contributed by atoms with Crippen LogP contribution in [-0.2, 0) is 9.53 Å². The first-order chi connectivity index (χ1) is 10.9. The van der Waals surface area contributed by atoms with Crippen molar-refractivity contribution >= 4 is 33.9 Å². The molecule has 2 heterocycles. The number of carbonyl (C=O) groups excluding carboxylic acids is 2. The van der Waals surface area contributed by atoms with Gasteiger partial charge in [0, 0.05) is 10.4 Å². The van der Waals surface area contributed by atoms with Crippen molar-refractivity contribution in [1.29, 1.82) is 0 Å². The first-order valence-corrected chi connectivity index (χ1v) is 7.83. The largest absolute Gasteiger partial charge is 0.479 e. The third-order valence-corrected chi connectivity index (χ3v) is 4.63. The third-order valence-electron chi connectivity index (χ3n) is 3.70. The molecule has 23 heavy (non-hydrogen) atoms. The van der Waals surface area contributed by atoms with Gasteiger partial charge in [-0.25, -0.2) is 4.79 Å². The van der Waals surface area contributed by atoms with E-state index >= 15 is 0 Å². The van der Waals surface area contributed by atoms with Crippen molar-refractivity contribution < 1.29 is 19.1 Å². The Kier molecular flexibility index (Phi) is 3.73. The average Bonchev–Trinajstić information content (AvgIpc) is 2.81. The molecule has 1 aromatic heterocycles. The minimum absolute atomic E-state index is 0.204. The fraction of sp³-hybridized carbons (Fsp3) is 0.250. The molecule has 1 atom stereocenters. The Labute approximate surface area is 137 Å². The van der Waals surface area contributed by atoms with Crippen molar-refractivity contribution in [1.82, 2.24) is 0 Å². The molecular weight excluding hydrogens is 316 g/mol. The van der Waals surface area contributed by atoms with Crippen LogP contribution in [0.25, 0.3) is 11.1 Å². The van der Waals surface area contributed by atoms with E-state index in [2.05, 4.69) is 5.32 Å². The summed E-state index contributed by atoms with van der Waals surface area (Å²) >= 11 is 1.33. The van der Waals surface area contributed by atoms with Crippen molar-refractivity contribution in [3.05, 3.63) is 28.6 Å². The Morgan fingerprint density at radius 2 is 2.17 bits per heavy atom. The molecule has 6 nitrogen and oxygen atoms in total. The highest BCUT2D eigenvalue weighted by Gasteiger charge is 2.26. The standard InChI is InChI=1S/C16H16N2O4S/c1-7-15(19)18-10-6-9(4-5-11(10)22-7)12-8(2)23-14(17)13(12)16(20)21-3/h4-7H,17H2,1-3H3,(H,18,19). The van der Waals surface area contributed by atoms with Gasteiger partial charge in [-0.1, -0.05) is 6.07 Å². The number of hydrogen-bond acceptors (Lipinski definition) is 6. The molecule has 1 aliphatic heterocycles. The third kappa shape index (κ3) is 2.53. The first-order valence-electron chi connectivity index (χ1n) is 7.01. The van der Waals surface area contributed by atoms with Crippen LogP contribution >= 0.6 is 11.3 Å². The Morgan fingerprint density at radius 3 is 2.87 bits per heavy atom. The fourth-order valence-electron chi connectivity index (χ4n) is 2.58. The molecule has 7 heteroatoms. The Balaban J connectivity index is 2.12. The molecule has 120 valence electrons. The van der Waals surface area contributed by atoms with E-state index in [1.165, 1.54) is 18.4 Å². The molecular formula is C16H16N2O4S. The van der Waals surface area contributed by atoms with Gasteiger partial charge in [0.25, 0.3) is 5.91 Å². The van der Waals surface area contributed by atoms with Crippen LogP contribution in [-0.4, -0.2) is 25.1 Å². The van der Waals surface area contributed by atoms with Crippen molar-refractivity contribution in [3.63, 3.8) is 0 Å². The lowest BCUT2D eigenvalue weighted by molar-refractivity contribution is -0.122. The molecule has 2 aromatic rings. The number of carbonyl (C=O) groups is 2. The van der Waals surface area contributed by atoms with E-state index < -0.39 is 12.1 Å². The number of benzene rings is 1. The summed E-state index contributed by atoms with van der Waals surface area (Å²) in [6.45, 7) is 3.57. The second kappa shape index (κ2) is 5.58. The molecule has 0 radical (unpaired) electrons. The predicted molar refractivity (Wildman–Crippen MR) is 89.0 cm³/mol. The van der Waals surface area contributed by atoms with Crippen molar-refractivity contribution in [2.24, 2.45) is 0 Å². The number of nitrogens with two attached hydrogens (primary N) is 1. The van der Waals surface area contributed by atoms with Gasteiger partial charge in [0.2, 0.25) is 0 Å². The number of methoxy groups -OCH3 is 1. The number of aryl methyl sites for hydroxylation is 1. The quantitative estimate of drug-likeness (QED) is 0.825. The maximum atomic E-state index is 12.0. The predicted octanol–water partition coefficient (Wildman–Crippen LogP) is 2.81. The topological polar surface area (TPSA) is 90.6 Å². The van der Waals surface area contributed by atoms with Crippen LogP contribution in [0.4, 0.5) is 10.7 Å². The maximum absolute atomic E-state index is 12.0. The minimum Gasteiger partial charge on any atom is -0.479 e. The summed E-state index contributed by atoms with van der Waals surface area (Å²) in [4.78, 5) is 24.7. The fourth-order valence-corrected chi connectivity index (χ4v) is 3.52. The van der Waals surface area contributed by atoms with E-state index in [1.807, 2.05) is 13.0 Å². The van der Waals surface area contributed by atoms with Crippen LogP contribution < -0.4 is 15.8 Å². The van der Waals surface area contributed by atoms with Crippen LogP contribution in [0.2, 0.25) is 0 Å². The van der Waals surface area contributed by atoms with Gasteiger partial charge in [-0.3, -0.25) is 4.79 Å². The molecule has 1 aromatic carbocycles. The van der Waals surface area contributed by atoms with Gasteiger partial charge in [0.15, 0.2) is 6.10 Å². The number of nitrogen functional groups attached to an aromatic ring is 1. The molecule has 1 amide bonds. The van der Waals surface area contributed by atoms with E-state index in [0.717, 1.165) is 16.0 Å². The number of thiophene rings is 1. The molecule has 0 saturated heterocycles. The number of fused-ring (bicyclic) bond motifs is 1. The second-order valence-corrected chi connectivity index (χ2v) is 6.48. The van der Waals surface area contributed by atoms with Gasteiger partial charge in [-0.15, -0.1) is 11.3 Å². The number of esters is 1. The van der Waals surface area contributed by atoms with Crippen LogP contribution in [0, 0.1) is 6.92 Å². The zero-order chi connectivity index (χ0) is 16.7. The first kappa shape index (κ1) is 15.4. The Morgan fingerprint density at radius 1 is 1.43 bits per heavy atom. The molecule has 3 rings (SSSR count). The smallest absolute Gasteiger partial charge is 0.341 e. The van der Waals surface area contributed by atoms with E-state index in [4.69, 9.17) is 15.2 Å². The number of amides is 1. The summed E-state index contributed by atoms with van der Waals surface area (Å²) in [5.74, 6) is -0.0841. The molecule has 3 N–H and O–H groups in total. The summed E-state index contributed by atoms with van der Waals surface area (Å²) in [6.07, 6.45) is -0.530. The van der Waals surface area contributed by atoms with Gasteiger partial charge < -0.3 is 20.5 Å². The highest BCUT2D eigenvalue weighted by atomic mass is 32.1. The van der Waals surface area contributed by atoms with Gasteiger partial charge >= 0.3 is 5.97 Å². The summed E-state index contributed by atoms with van der Waals surface area (Å²) in [7, 11) is 1.32. The van der Waals surface area contributed by atoms with Crippen LogP contribution in [0.15, 0.2) is 18.2 Å². The lowest BCUT2D eigenvalue weighted by Gasteiger charge is -2.23. The van der Waals surface area contributed by atoms with Crippen molar-refractivity contribution in [3.8, 4) is 16.9 Å². The highest BCUT2D eigenvalue weighted by Crippen LogP contribution is 2.41. The monoisotopic (exact) mass is 332 g/mol. The van der Waals surface area contributed by atoms with Crippen molar-refractivity contribution in [2.45, 2.75) is 20.0 Å². The maximum Gasteiger partial charge on any atom is 0.341 e. The number of anilines is 2. The zero-order valence-electron chi connectivity index (χ0n) is 12.9. The summed E-state index contributed by atoms with van der Waals surface area (Å²) in [5.41, 5.74) is 8.37.